The van der Waals surface area contributed by atoms with E-state index >= 15 is 0 Å². The molecule has 0 radical (unpaired) electrons. The van der Waals surface area contributed by atoms with Gasteiger partial charge in [-0.2, -0.15) is 11.8 Å². The summed E-state index contributed by atoms with van der Waals surface area (Å²) in [7, 11) is 0. The summed E-state index contributed by atoms with van der Waals surface area (Å²) in [6.45, 7) is 13.4. The Morgan fingerprint density at radius 2 is 1.48 bits per heavy atom. The topological polar surface area (TPSA) is 37.3 Å². The predicted octanol–water partition coefficient (Wildman–Crippen LogP) is 4.99. The Labute approximate surface area is 133 Å². The van der Waals surface area contributed by atoms with Crippen LogP contribution in [-0.2, 0) is 21.4 Å². The van der Waals surface area contributed by atoms with Crippen molar-refractivity contribution in [2.45, 2.75) is 64.5 Å². The fourth-order valence-corrected chi connectivity index (χ4v) is 2.86. The number of aliphatic carboxylic acids is 1. The van der Waals surface area contributed by atoms with Crippen molar-refractivity contribution in [3.63, 3.8) is 0 Å². The average Bonchev–Trinajstić information content (AvgIpc) is 2.32. The predicted molar refractivity (Wildman–Crippen MR) is 92.3 cm³/mol. The number of rotatable bonds is 5. The van der Waals surface area contributed by atoms with Crippen LogP contribution in [0.1, 0.15) is 64.7 Å². The van der Waals surface area contributed by atoms with Gasteiger partial charge in [-0.3, -0.25) is 4.79 Å². The molecule has 21 heavy (non-hydrogen) atoms. The van der Waals surface area contributed by atoms with Crippen LogP contribution >= 0.6 is 11.8 Å². The Morgan fingerprint density at radius 3 is 1.86 bits per heavy atom. The van der Waals surface area contributed by atoms with E-state index in [2.05, 4.69) is 59.7 Å². The minimum atomic E-state index is -0.721. The second kappa shape index (κ2) is 6.87. The lowest BCUT2D eigenvalue weighted by atomic mass is 9.80. The third-order valence-corrected chi connectivity index (χ3v) is 4.48. The van der Waals surface area contributed by atoms with E-state index in [1.807, 2.05) is 0 Å². The highest BCUT2D eigenvalue weighted by molar-refractivity contribution is 7.98. The van der Waals surface area contributed by atoms with Crippen molar-refractivity contribution in [2.75, 3.05) is 5.75 Å². The van der Waals surface area contributed by atoms with E-state index in [4.69, 9.17) is 5.11 Å². The molecule has 0 atom stereocenters. The SMILES string of the molecule is CC(C)(C)c1cc(CSCCC(=O)O)cc(C(C)(C)C)c1. The van der Waals surface area contributed by atoms with E-state index in [1.54, 1.807) is 11.8 Å². The molecule has 0 saturated heterocycles. The molecule has 0 unspecified atom stereocenters. The first-order valence-electron chi connectivity index (χ1n) is 7.44. The van der Waals surface area contributed by atoms with Gasteiger partial charge in [0.1, 0.15) is 0 Å². The van der Waals surface area contributed by atoms with Crippen LogP contribution in [0.25, 0.3) is 0 Å². The largest absolute Gasteiger partial charge is 0.481 e. The monoisotopic (exact) mass is 308 g/mol. The summed E-state index contributed by atoms with van der Waals surface area (Å²) >= 11 is 1.69. The molecule has 0 bridgehead atoms. The standard InChI is InChI=1S/C18H28O2S/c1-17(2,3)14-9-13(12-21-8-7-16(19)20)10-15(11-14)18(4,5)6/h9-11H,7-8,12H2,1-6H3,(H,19,20). The normalized spacial score (nSPS) is 12.5. The Morgan fingerprint density at radius 1 is 1.00 bits per heavy atom. The van der Waals surface area contributed by atoms with E-state index in [0.717, 1.165) is 5.75 Å². The van der Waals surface area contributed by atoms with E-state index in [1.165, 1.54) is 16.7 Å². The molecule has 1 aromatic rings. The van der Waals surface area contributed by atoms with Gasteiger partial charge in [-0.25, -0.2) is 0 Å². The molecule has 0 aliphatic heterocycles. The van der Waals surface area contributed by atoms with Gasteiger partial charge in [0.15, 0.2) is 0 Å². The smallest absolute Gasteiger partial charge is 0.304 e. The number of carbonyl (C=O) groups is 1. The van der Waals surface area contributed by atoms with Gasteiger partial charge in [0.05, 0.1) is 6.42 Å². The lowest BCUT2D eigenvalue weighted by molar-refractivity contribution is -0.136. The van der Waals surface area contributed by atoms with Crippen molar-refractivity contribution < 1.29 is 9.90 Å². The molecule has 0 aliphatic carbocycles. The molecular weight excluding hydrogens is 280 g/mol. The van der Waals surface area contributed by atoms with E-state index in [9.17, 15) is 4.79 Å². The highest BCUT2D eigenvalue weighted by Gasteiger charge is 2.20. The third-order valence-electron chi connectivity index (χ3n) is 3.45. The number of hydrogen-bond donors (Lipinski definition) is 1. The molecule has 3 heteroatoms. The van der Waals surface area contributed by atoms with Gasteiger partial charge < -0.3 is 5.11 Å². The van der Waals surface area contributed by atoms with Crippen molar-refractivity contribution in [1.82, 2.24) is 0 Å². The Hall–Kier alpha value is -0.960. The number of thioether (sulfide) groups is 1. The molecule has 0 aromatic heterocycles. The van der Waals surface area contributed by atoms with Crippen molar-refractivity contribution in [3.05, 3.63) is 34.9 Å². The second-order valence-corrected chi connectivity index (χ2v) is 8.72. The van der Waals surface area contributed by atoms with Crippen LogP contribution in [0.15, 0.2) is 18.2 Å². The van der Waals surface area contributed by atoms with Crippen molar-refractivity contribution in [1.29, 1.82) is 0 Å². The molecule has 0 saturated carbocycles. The van der Waals surface area contributed by atoms with E-state index < -0.39 is 5.97 Å². The lowest BCUT2D eigenvalue weighted by Gasteiger charge is -2.26. The Balaban J connectivity index is 2.95. The average molecular weight is 308 g/mol. The maximum atomic E-state index is 10.6. The summed E-state index contributed by atoms with van der Waals surface area (Å²) < 4.78 is 0. The van der Waals surface area contributed by atoms with Gasteiger partial charge >= 0.3 is 5.97 Å². The van der Waals surface area contributed by atoms with Crippen LogP contribution in [0.5, 0.6) is 0 Å². The van der Waals surface area contributed by atoms with Crippen LogP contribution < -0.4 is 0 Å². The zero-order chi connectivity index (χ0) is 16.3. The van der Waals surface area contributed by atoms with Crippen molar-refractivity contribution in [2.24, 2.45) is 0 Å². The van der Waals surface area contributed by atoms with E-state index in [-0.39, 0.29) is 17.3 Å². The summed E-state index contributed by atoms with van der Waals surface area (Å²) in [6, 6.07) is 6.84. The van der Waals surface area contributed by atoms with Crippen molar-refractivity contribution >= 4 is 17.7 Å². The highest BCUT2D eigenvalue weighted by Crippen LogP contribution is 2.31. The maximum absolute atomic E-state index is 10.6. The molecule has 0 heterocycles. The highest BCUT2D eigenvalue weighted by atomic mass is 32.2. The van der Waals surface area contributed by atoms with Gasteiger partial charge in [0.25, 0.3) is 0 Å². The maximum Gasteiger partial charge on any atom is 0.304 e. The van der Waals surface area contributed by atoms with Crippen LogP contribution in [-0.4, -0.2) is 16.8 Å². The van der Waals surface area contributed by atoms with Gasteiger partial charge in [-0.15, -0.1) is 0 Å². The first-order valence-corrected chi connectivity index (χ1v) is 8.60. The molecule has 1 N–H and O–H groups in total. The summed E-state index contributed by atoms with van der Waals surface area (Å²) in [6.07, 6.45) is 0.232. The molecule has 2 nitrogen and oxygen atoms in total. The van der Waals surface area contributed by atoms with Gasteiger partial charge in [0, 0.05) is 11.5 Å². The van der Waals surface area contributed by atoms with Crippen LogP contribution in [0, 0.1) is 0 Å². The van der Waals surface area contributed by atoms with Gasteiger partial charge in [-0.1, -0.05) is 59.7 Å². The number of hydrogen-bond acceptors (Lipinski definition) is 2. The molecule has 0 amide bonds. The summed E-state index contributed by atoms with van der Waals surface area (Å²) in [5, 5.41) is 8.70. The first-order chi connectivity index (χ1) is 9.50. The molecular formula is C18H28O2S. The molecule has 0 fully saturated rings. The summed E-state index contributed by atoms with van der Waals surface area (Å²) in [5.74, 6) is 0.821. The zero-order valence-corrected chi connectivity index (χ0v) is 14.9. The number of carboxylic acids is 1. The molecule has 0 aliphatic rings. The van der Waals surface area contributed by atoms with Crippen LogP contribution in [0.3, 0.4) is 0 Å². The molecule has 118 valence electrons. The fourth-order valence-electron chi connectivity index (χ4n) is 1.99. The van der Waals surface area contributed by atoms with Crippen molar-refractivity contribution in [3.8, 4) is 0 Å². The lowest BCUT2D eigenvalue weighted by Crippen LogP contribution is -2.17. The first kappa shape index (κ1) is 18.1. The Kier molecular flexibility index (Phi) is 5.92. The zero-order valence-electron chi connectivity index (χ0n) is 14.1. The fraction of sp³-hybridized carbons (Fsp3) is 0.611. The Bertz CT molecular complexity index is 461. The third kappa shape index (κ3) is 6.13. The van der Waals surface area contributed by atoms with Gasteiger partial charge in [-0.05, 0) is 27.5 Å². The van der Waals surface area contributed by atoms with Gasteiger partial charge in [0.2, 0.25) is 0 Å². The second-order valence-electron chi connectivity index (χ2n) is 7.61. The molecule has 0 spiro atoms. The molecule has 1 aromatic carbocycles. The number of carboxylic acid groups (broad SMARTS) is 1. The quantitative estimate of drug-likeness (QED) is 0.779. The number of benzene rings is 1. The summed E-state index contributed by atoms with van der Waals surface area (Å²) in [4.78, 5) is 10.6. The minimum Gasteiger partial charge on any atom is -0.481 e. The molecule has 1 rings (SSSR count). The van der Waals surface area contributed by atoms with E-state index in [0.29, 0.717) is 5.75 Å². The van der Waals surface area contributed by atoms with Crippen LogP contribution in [0.4, 0.5) is 0 Å². The van der Waals surface area contributed by atoms with Crippen LogP contribution in [0.2, 0.25) is 0 Å². The summed E-state index contributed by atoms with van der Waals surface area (Å²) in [5.41, 5.74) is 4.25. The minimum absolute atomic E-state index is 0.127.